The third kappa shape index (κ3) is 2.76. The summed E-state index contributed by atoms with van der Waals surface area (Å²) in [5, 5.41) is 10.2. The van der Waals surface area contributed by atoms with Crippen LogP contribution in [0, 0.1) is 5.92 Å². The minimum absolute atomic E-state index is 0.0523. The van der Waals surface area contributed by atoms with Crippen LogP contribution in [0.25, 0.3) is 0 Å². The fourth-order valence-corrected chi connectivity index (χ4v) is 5.31. The van der Waals surface area contributed by atoms with Crippen molar-refractivity contribution in [2.75, 3.05) is 0 Å². The van der Waals surface area contributed by atoms with Gasteiger partial charge in [0.25, 0.3) is 0 Å². The average molecular weight is 373 g/mol. The minimum atomic E-state index is 0.0523. The molecule has 3 nitrogen and oxygen atoms in total. The van der Waals surface area contributed by atoms with Crippen LogP contribution < -0.4 is 4.74 Å². The number of hydrazone groups is 1. The number of benzene rings is 1. The number of ether oxygens (including phenoxy) is 1. The Bertz CT molecular complexity index is 798. The van der Waals surface area contributed by atoms with E-state index in [2.05, 4.69) is 28.6 Å². The molecule has 2 aromatic rings. The zero-order valence-electron chi connectivity index (χ0n) is 14.0. The molecule has 1 aliphatic carbocycles. The largest absolute Gasteiger partial charge is 0.468 e. The number of nitrogens with zero attached hydrogens (tertiary/aromatic N) is 2. The highest BCUT2D eigenvalue weighted by Gasteiger charge is 2.43. The quantitative estimate of drug-likeness (QED) is 0.660. The predicted octanol–water partition coefficient (Wildman–Crippen LogP) is 5.85. The van der Waals surface area contributed by atoms with Crippen LogP contribution in [0.2, 0.25) is 5.02 Å². The second kappa shape index (κ2) is 6.33. The van der Waals surface area contributed by atoms with E-state index < -0.39 is 0 Å². The molecule has 0 amide bonds. The molecule has 0 spiro atoms. The van der Waals surface area contributed by atoms with Crippen molar-refractivity contribution in [1.29, 1.82) is 0 Å². The Morgan fingerprint density at radius 2 is 2.04 bits per heavy atom. The molecule has 1 saturated carbocycles. The zero-order valence-corrected chi connectivity index (χ0v) is 15.6. The molecule has 1 aromatic carbocycles. The summed E-state index contributed by atoms with van der Waals surface area (Å²) in [7, 11) is 0. The maximum atomic E-state index is 6.47. The number of halogens is 1. The van der Waals surface area contributed by atoms with Crippen molar-refractivity contribution >= 4 is 28.6 Å². The SMILES string of the molecule is Clc1ccc2c(c1)[C@H]1CC(c3cccs3)=NN1[C@@H](C1CCCCC1)O2. The van der Waals surface area contributed by atoms with E-state index in [1.54, 1.807) is 11.3 Å². The maximum Gasteiger partial charge on any atom is 0.190 e. The van der Waals surface area contributed by atoms with Gasteiger partial charge in [-0.3, -0.25) is 0 Å². The summed E-state index contributed by atoms with van der Waals surface area (Å²) in [6, 6.07) is 10.5. The van der Waals surface area contributed by atoms with Crippen molar-refractivity contribution in [3.05, 3.63) is 51.2 Å². The highest BCUT2D eigenvalue weighted by Crippen LogP contribution is 2.47. The summed E-state index contributed by atoms with van der Waals surface area (Å²) in [5.74, 6) is 1.55. The topological polar surface area (TPSA) is 24.8 Å². The third-order valence-corrected chi connectivity index (χ3v) is 6.79. The van der Waals surface area contributed by atoms with Gasteiger partial charge in [0.05, 0.1) is 16.6 Å². The number of thiophene rings is 1. The number of rotatable bonds is 2. The average Bonchev–Trinajstić information content (AvgIpc) is 3.31. The maximum absolute atomic E-state index is 6.47. The molecule has 1 aromatic heterocycles. The standard InChI is InChI=1S/C20H21ClN2OS/c21-14-8-9-18-15(11-14)17-12-16(19-7-4-10-25-19)22-23(17)20(24-18)13-5-2-1-3-6-13/h4,7-11,13,17,20H,1-3,5-6,12H2/t17-,20-/m1/s1. The lowest BCUT2D eigenvalue weighted by molar-refractivity contribution is -0.0643. The fraction of sp³-hybridized carbons (Fsp3) is 0.450. The fourth-order valence-electron chi connectivity index (χ4n) is 4.41. The summed E-state index contributed by atoms with van der Waals surface area (Å²) in [5.41, 5.74) is 2.35. The molecule has 2 atom stereocenters. The molecule has 2 aliphatic heterocycles. The van der Waals surface area contributed by atoms with Crippen LogP contribution in [0.4, 0.5) is 0 Å². The molecule has 0 saturated heterocycles. The van der Waals surface area contributed by atoms with Gasteiger partial charge in [-0.25, -0.2) is 5.01 Å². The first-order chi connectivity index (χ1) is 12.3. The molecule has 0 radical (unpaired) electrons. The number of hydrogen-bond acceptors (Lipinski definition) is 4. The van der Waals surface area contributed by atoms with Gasteiger partial charge >= 0.3 is 0 Å². The van der Waals surface area contributed by atoms with Gasteiger partial charge in [-0.2, -0.15) is 5.10 Å². The van der Waals surface area contributed by atoms with Crippen LogP contribution >= 0.6 is 22.9 Å². The van der Waals surface area contributed by atoms with E-state index in [0.717, 1.165) is 17.2 Å². The first-order valence-corrected chi connectivity index (χ1v) is 10.4. The lowest BCUT2D eigenvalue weighted by Gasteiger charge is -2.42. The van der Waals surface area contributed by atoms with Gasteiger partial charge in [0.1, 0.15) is 5.75 Å². The van der Waals surface area contributed by atoms with Crippen LogP contribution in [0.3, 0.4) is 0 Å². The smallest absolute Gasteiger partial charge is 0.190 e. The van der Waals surface area contributed by atoms with Gasteiger partial charge < -0.3 is 4.74 Å². The van der Waals surface area contributed by atoms with Crippen LogP contribution in [0.1, 0.15) is 55.0 Å². The monoisotopic (exact) mass is 372 g/mol. The molecule has 5 heteroatoms. The predicted molar refractivity (Wildman–Crippen MR) is 102 cm³/mol. The van der Waals surface area contributed by atoms with Crippen molar-refractivity contribution in [1.82, 2.24) is 5.01 Å². The van der Waals surface area contributed by atoms with Crippen molar-refractivity contribution in [3.8, 4) is 5.75 Å². The van der Waals surface area contributed by atoms with Gasteiger partial charge in [-0.15, -0.1) is 11.3 Å². The summed E-state index contributed by atoms with van der Waals surface area (Å²) >= 11 is 8.04. The van der Waals surface area contributed by atoms with Gasteiger partial charge in [-0.1, -0.05) is 36.9 Å². The second-order valence-corrected chi connectivity index (χ2v) is 8.60. The molecule has 25 heavy (non-hydrogen) atoms. The lowest BCUT2D eigenvalue weighted by Crippen LogP contribution is -2.45. The Labute approximate surface area is 157 Å². The van der Waals surface area contributed by atoms with Crippen LogP contribution in [0.5, 0.6) is 5.75 Å². The van der Waals surface area contributed by atoms with E-state index in [4.69, 9.17) is 21.4 Å². The van der Waals surface area contributed by atoms with Crippen LogP contribution in [-0.4, -0.2) is 16.9 Å². The summed E-state index contributed by atoms with van der Waals surface area (Å²) < 4.78 is 6.47. The molecule has 0 bridgehead atoms. The van der Waals surface area contributed by atoms with E-state index >= 15 is 0 Å². The van der Waals surface area contributed by atoms with Crippen molar-refractivity contribution in [2.45, 2.75) is 50.8 Å². The summed E-state index contributed by atoms with van der Waals surface area (Å²) in [6.07, 6.45) is 7.41. The highest BCUT2D eigenvalue weighted by atomic mass is 35.5. The molecule has 0 unspecified atom stereocenters. The minimum Gasteiger partial charge on any atom is -0.468 e. The van der Waals surface area contributed by atoms with E-state index in [-0.39, 0.29) is 12.3 Å². The van der Waals surface area contributed by atoms with E-state index in [1.165, 1.54) is 48.3 Å². The molecule has 5 rings (SSSR count). The molecule has 3 heterocycles. The molecule has 3 aliphatic rings. The van der Waals surface area contributed by atoms with Gasteiger partial charge in [0.15, 0.2) is 6.23 Å². The van der Waals surface area contributed by atoms with Crippen molar-refractivity contribution in [2.24, 2.45) is 11.0 Å². The van der Waals surface area contributed by atoms with E-state index in [9.17, 15) is 0 Å². The Morgan fingerprint density at radius 1 is 1.16 bits per heavy atom. The molecule has 1 fully saturated rings. The lowest BCUT2D eigenvalue weighted by atomic mass is 9.86. The molecule has 130 valence electrons. The third-order valence-electron chi connectivity index (χ3n) is 5.64. The Morgan fingerprint density at radius 3 is 2.84 bits per heavy atom. The van der Waals surface area contributed by atoms with E-state index in [0.29, 0.717) is 5.92 Å². The first kappa shape index (κ1) is 15.7. The van der Waals surface area contributed by atoms with Crippen molar-refractivity contribution < 1.29 is 4.74 Å². The van der Waals surface area contributed by atoms with Crippen molar-refractivity contribution in [3.63, 3.8) is 0 Å². The van der Waals surface area contributed by atoms with Gasteiger partial charge in [0.2, 0.25) is 0 Å². The van der Waals surface area contributed by atoms with Crippen LogP contribution in [-0.2, 0) is 0 Å². The van der Waals surface area contributed by atoms with Gasteiger partial charge in [-0.05, 0) is 42.5 Å². The molecular formula is C20H21ClN2OS. The zero-order chi connectivity index (χ0) is 16.8. The highest BCUT2D eigenvalue weighted by molar-refractivity contribution is 7.12. The summed E-state index contributed by atoms with van der Waals surface area (Å²) in [6.45, 7) is 0. The number of hydrogen-bond donors (Lipinski definition) is 0. The summed E-state index contributed by atoms with van der Waals surface area (Å²) in [4.78, 5) is 1.26. The second-order valence-electron chi connectivity index (χ2n) is 7.21. The normalized spacial score (nSPS) is 26.0. The Kier molecular flexibility index (Phi) is 3.98. The first-order valence-electron chi connectivity index (χ1n) is 9.15. The van der Waals surface area contributed by atoms with Crippen LogP contribution in [0.15, 0.2) is 40.8 Å². The van der Waals surface area contributed by atoms with E-state index in [1.807, 2.05) is 12.1 Å². The molecule has 0 N–H and O–H groups in total. The Hall–Kier alpha value is -1.52. The van der Waals surface area contributed by atoms with Gasteiger partial charge in [0, 0.05) is 22.9 Å². The molecular weight excluding hydrogens is 352 g/mol. The number of fused-ring (bicyclic) bond motifs is 3. The Balaban J connectivity index is 1.55.